The minimum absolute atomic E-state index is 0.113. The molecule has 0 aliphatic heterocycles. The Morgan fingerprint density at radius 2 is 1.88 bits per heavy atom. The summed E-state index contributed by atoms with van der Waals surface area (Å²) < 4.78 is 28.8. The summed E-state index contributed by atoms with van der Waals surface area (Å²) in [4.78, 5) is 0. The smallest absolute Gasteiger partial charge is 0.153 e. The van der Waals surface area contributed by atoms with Gasteiger partial charge in [-0.2, -0.15) is 0 Å². The van der Waals surface area contributed by atoms with Crippen molar-refractivity contribution in [2.75, 3.05) is 5.75 Å². The van der Waals surface area contributed by atoms with Crippen LogP contribution in [-0.4, -0.2) is 25.5 Å². The first-order valence-corrected chi connectivity index (χ1v) is 7.70. The van der Waals surface area contributed by atoms with E-state index in [1.165, 1.54) is 0 Å². The molecule has 94 valence electrons. The Kier molecular flexibility index (Phi) is 3.84. The van der Waals surface area contributed by atoms with Crippen molar-refractivity contribution in [2.45, 2.75) is 37.7 Å². The molecule has 0 heterocycles. The van der Waals surface area contributed by atoms with Gasteiger partial charge in [0.05, 0.1) is 18.0 Å². The molecule has 0 atom stereocenters. The van der Waals surface area contributed by atoms with E-state index in [2.05, 4.69) is 0 Å². The minimum atomic E-state index is -2.86. The van der Waals surface area contributed by atoms with Crippen LogP contribution in [0.3, 0.4) is 0 Å². The van der Waals surface area contributed by atoms with Gasteiger partial charge in [-0.25, -0.2) is 8.42 Å². The van der Waals surface area contributed by atoms with Gasteiger partial charge in [0, 0.05) is 5.75 Å². The summed E-state index contributed by atoms with van der Waals surface area (Å²) in [5.74, 6) is 0.239. The second-order valence-electron chi connectivity index (χ2n) is 4.46. The summed E-state index contributed by atoms with van der Waals surface area (Å²) in [6, 6.07) is 9.95. The van der Waals surface area contributed by atoms with Crippen molar-refractivity contribution in [1.82, 2.24) is 0 Å². The molecule has 3 nitrogen and oxygen atoms in total. The monoisotopic (exact) mass is 254 g/mol. The van der Waals surface area contributed by atoms with E-state index in [0.29, 0.717) is 19.4 Å². The van der Waals surface area contributed by atoms with Gasteiger partial charge >= 0.3 is 0 Å². The number of ether oxygens (including phenoxy) is 1. The molecule has 2 rings (SSSR count). The van der Waals surface area contributed by atoms with Gasteiger partial charge in [-0.05, 0) is 18.4 Å². The molecule has 0 bridgehead atoms. The first-order valence-electron chi connectivity index (χ1n) is 5.99. The maximum atomic E-state index is 11.5. The molecule has 1 aromatic carbocycles. The van der Waals surface area contributed by atoms with Crippen LogP contribution in [0.15, 0.2) is 30.3 Å². The molecule has 4 heteroatoms. The van der Waals surface area contributed by atoms with Gasteiger partial charge in [0.2, 0.25) is 0 Å². The van der Waals surface area contributed by atoms with Gasteiger partial charge < -0.3 is 4.74 Å². The van der Waals surface area contributed by atoms with Gasteiger partial charge in [0.1, 0.15) is 0 Å². The van der Waals surface area contributed by atoms with Crippen molar-refractivity contribution in [3.63, 3.8) is 0 Å². The van der Waals surface area contributed by atoms with Gasteiger partial charge in [0.25, 0.3) is 0 Å². The highest BCUT2D eigenvalue weighted by atomic mass is 32.2. The summed E-state index contributed by atoms with van der Waals surface area (Å²) in [6.07, 6.45) is 1.42. The average molecular weight is 254 g/mol. The van der Waals surface area contributed by atoms with Gasteiger partial charge in [-0.15, -0.1) is 0 Å². The largest absolute Gasteiger partial charge is 0.373 e. The van der Waals surface area contributed by atoms with Crippen molar-refractivity contribution >= 4 is 9.84 Å². The van der Waals surface area contributed by atoms with Crippen LogP contribution < -0.4 is 0 Å². The van der Waals surface area contributed by atoms with Crippen LogP contribution in [0.25, 0.3) is 0 Å². The highest BCUT2D eigenvalue weighted by molar-refractivity contribution is 7.92. The molecule has 0 spiro atoms. The standard InChI is InChI=1S/C13H18O3S/c1-2-17(14,15)13-8-12(9-13)16-10-11-6-4-3-5-7-11/h3-7,12-13H,2,8-10H2,1H3. The minimum Gasteiger partial charge on any atom is -0.373 e. The molecular weight excluding hydrogens is 236 g/mol. The van der Waals surface area contributed by atoms with E-state index < -0.39 is 9.84 Å². The van der Waals surface area contributed by atoms with Crippen LogP contribution in [0.5, 0.6) is 0 Å². The average Bonchev–Trinajstić information content (AvgIpc) is 2.28. The number of hydrogen-bond donors (Lipinski definition) is 0. The summed E-state index contributed by atoms with van der Waals surface area (Å²) in [5.41, 5.74) is 1.13. The van der Waals surface area contributed by atoms with E-state index >= 15 is 0 Å². The molecule has 1 aromatic rings. The maximum absolute atomic E-state index is 11.5. The number of hydrogen-bond acceptors (Lipinski definition) is 3. The highest BCUT2D eigenvalue weighted by Crippen LogP contribution is 2.30. The van der Waals surface area contributed by atoms with E-state index in [4.69, 9.17) is 4.74 Å². The second kappa shape index (κ2) is 5.19. The Hall–Kier alpha value is -0.870. The molecule has 0 radical (unpaired) electrons. The van der Waals surface area contributed by atoms with E-state index in [9.17, 15) is 8.42 Å². The second-order valence-corrected chi connectivity index (χ2v) is 7.03. The number of sulfone groups is 1. The van der Waals surface area contributed by atoms with Crippen LogP contribution in [0.4, 0.5) is 0 Å². The van der Waals surface area contributed by atoms with Crippen molar-refractivity contribution < 1.29 is 13.2 Å². The summed E-state index contributed by atoms with van der Waals surface area (Å²) in [7, 11) is -2.86. The van der Waals surface area contributed by atoms with Crippen LogP contribution >= 0.6 is 0 Å². The molecule has 17 heavy (non-hydrogen) atoms. The van der Waals surface area contributed by atoms with Crippen LogP contribution in [0.1, 0.15) is 25.3 Å². The van der Waals surface area contributed by atoms with Crippen molar-refractivity contribution in [3.8, 4) is 0 Å². The van der Waals surface area contributed by atoms with E-state index in [1.54, 1.807) is 6.92 Å². The molecule has 0 aromatic heterocycles. The number of benzene rings is 1. The van der Waals surface area contributed by atoms with Gasteiger partial charge in [-0.3, -0.25) is 0 Å². The normalized spacial score (nSPS) is 24.3. The molecule has 0 amide bonds. The van der Waals surface area contributed by atoms with Gasteiger partial charge in [-0.1, -0.05) is 37.3 Å². The third-order valence-electron chi connectivity index (χ3n) is 3.29. The molecule has 1 aliphatic carbocycles. The quantitative estimate of drug-likeness (QED) is 0.809. The predicted molar refractivity (Wildman–Crippen MR) is 67.5 cm³/mol. The first kappa shape index (κ1) is 12.6. The topological polar surface area (TPSA) is 43.4 Å². The lowest BCUT2D eigenvalue weighted by atomic mass is 9.95. The molecule has 0 N–H and O–H groups in total. The fourth-order valence-electron chi connectivity index (χ4n) is 1.97. The van der Waals surface area contributed by atoms with Crippen LogP contribution in [0, 0.1) is 0 Å². The van der Waals surface area contributed by atoms with Crippen molar-refractivity contribution in [2.24, 2.45) is 0 Å². The Labute approximate surface area is 103 Å². The summed E-state index contributed by atoms with van der Waals surface area (Å²) >= 11 is 0. The third kappa shape index (κ3) is 3.07. The zero-order valence-corrected chi connectivity index (χ0v) is 10.8. The lowest BCUT2D eigenvalue weighted by Gasteiger charge is -2.34. The number of rotatable bonds is 5. The molecular formula is C13H18O3S. The first-order chi connectivity index (χ1) is 8.12. The van der Waals surface area contributed by atoms with Crippen LogP contribution in [0.2, 0.25) is 0 Å². The zero-order chi connectivity index (χ0) is 12.3. The molecule has 0 unspecified atom stereocenters. The van der Waals surface area contributed by atoms with E-state index in [0.717, 1.165) is 5.56 Å². The van der Waals surface area contributed by atoms with E-state index in [-0.39, 0.29) is 17.1 Å². The summed E-state index contributed by atoms with van der Waals surface area (Å²) in [5, 5.41) is -0.173. The van der Waals surface area contributed by atoms with E-state index in [1.807, 2.05) is 30.3 Å². The zero-order valence-electron chi connectivity index (χ0n) is 10.0. The van der Waals surface area contributed by atoms with Crippen LogP contribution in [-0.2, 0) is 21.2 Å². The highest BCUT2D eigenvalue weighted by Gasteiger charge is 2.38. The lowest BCUT2D eigenvalue weighted by Crippen LogP contribution is -2.41. The molecule has 0 saturated heterocycles. The van der Waals surface area contributed by atoms with Gasteiger partial charge in [0.15, 0.2) is 9.84 Å². The van der Waals surface area contributed by atoms with Crippen molar-refractivity contribution in [3.05, 3.63) is 35.9 Å². The molecule has 1 fully saturated rings. The third-order valence-corrected chi connectivity index (χ3v) is 5.50. The lowest BCUT2D eigenvalue weighted by molar-refractivity contribution is -0.00649. The molecule has 1 aliphatic rings. The fourth-order valence-corrected chi connectivity index (χ4v) is 3.46. The summed E-state index contributed by atoms with van der Waals surface area (Å²) in [6.45, 7) is 2.28. The Balaban J connectivity index is 1.75. The predicted octanol–water partition coefficient (Wildman–Crippen LogP) is 2.17. The Morgan fingerprint density at radius 1 is 1.24 bits per heavy atom. The Morgan fingerprint density at radius 3 is 2.47 bits per heavy atom. The maximum Gasteiger partial charge on any atom is 0.153 e. The SMILES string of the molecule is CCS(=O)(=O)C1CC(OCc2ccccc2)C1. The molecule has 1 saturated carbocycles. The fraction of sp³-hybridized carbons (Fsp3) is 0.538. The van der Waals surface area contributed by atoms with Crippen molar-refractivity contribution in [1.29, 1.82) is 0 Å². The Bertz CT molecular complexity index is 447.